The predicted octanol–water partition coefficient (Wildman–Crippen LogP) is 4.36. The van der Waals surface area contributed by atoms with Crippen molar-refractivity contribution in [3.63, 3.8) is 0 Å². The molecule has 3 amide bonds. The van der Waals surface area contributed by atoms with Gasteiger partial charge in [0.15, 0.2) is 5.76 Å². The van der Waals surface area contributed by atoms with Gasteiger partial charge in [0.1, 0.15) is 23.4 Å². The summed E-state index contributed by atoms with van der Waals surface area (Å²) >= 11 is 3.29. The number of hydrogen-bond acceptors (Lipinski definition) is 5. The Morgan fingerprint density at radius 3 is 2.19 bits per heavy atom. The van der Waals surface area contributed by atoms with E-state index in [4.69, 9.17) is 4.42 Å². The fraction of sp³-hybridized carbons (Fsp3) is 0.0741. The molecule has 0 aliphatic rings. The molecule has 0 aliphatic carbocycles. The summed E-state index contributed by atoms with van der Waals surface area (Å²) in [5, 5.41) is 12.2. The minimum Gasteiger partial charge on any atom is -0.508 e. The van der Waals surface area contributed by atoms with Crippen molar-refractivity contribution in [1.29, 1.82) is 0 Å². The van der Waals surface area contributed by atoms with Crippen LogP contribution in [0.1, 0.15) is 26.5 Å². The topological polar surface area (TPSA) is 121 Å². The molecular formula is C27H21BrFN3O5. The molecule has 3 aromatic carbocycles. The molecule has 37 heavy (non-hydrogen) atoms. The van der Waals surface area contributed by atoms with Gasteiger partial charge in [-0.15, -0.1) is 0 Å². The molecule has 8 nitrogen and oxygen atoms in total. The first-order valence-corrected chi connectivity index (χ1v) is 11.9. The molecule has 10 heteroatoms. The SMILES string of the molecule is O=C(NNC(=O)[C@H](Cc1ccc(O)cc1)NC(=O)c1ccc(-c2ccc(F)cc2)o1)c1ccc(Br)cc1. The molecule has 0 bridgehead atoms. The van der Waals surface area contributed by atoms with Crippen molar-refractivity contribution in [2.75, 3.05) is 0 Å². The van der Waals surface area contributed by atoms with Crippen LogP contribution in [-0.2, 0) is 11.2 Å². The third-order valence-electron chi connectivity index (χ3n) is 5.36. The molecule has 188 valence electrons. The van der Waals surface area contributed by atoms with Gasteiger partial charge in [-0.1, -0.05) is 28.1 Å². The summed E-state index contributed by atoms with van der Waals surface area (Å²) in [6.07, 6.45) is 0.0670. The summed E-state index contributed by atoms with van der Waals surface area (Å²) in [4.78, 5) is 38.3. The van der Waals surface area contributed by atoms with Crippen molar-refractivity contribution in [2.45, 2.75) is 12.5 Å². The maximum atomic E-state index is 13.2. The molecule has 4 aromatic rings. The van der Waals surface area contributed by atoms with E-state index < -0.39 is 29.6 Å². The molecule has 4 N–H and O–H groups in total. The fourth-order valence-corrected chi connectivity index (χ4v) is 3.68. The number of halogens is 2. The molecule has 0 fully saturated rings. The third kappa shape index (κ3) is 6.83. The van der Waals surface area contributed by atoms with Crippen LogP contribution in [0, 0.1) is 5.82 Å². The van der Waals surface area contributed by atoms with E-state index in [0.29, 0.717) is 22.5 Å². The Labute approximate surface area is 219 Å². The Morgan fingerprint density at radius 1 is 0.838 bits per heavy atom. The van der Waals surface area contributed by atoms with E-state index in [1.54, 1.807) is 42.5 Å². The van der Waals surface area contributed by atoms with Crippen LogP contribution < -0.4 is 16.2 Å². The highest BCUT2D eigenvalue weighted by Gasteiger charge is 2.24. The zero-order valence-electron chi connectivity index (χ0n) is 19.2. The maximum Gasteiger partial charge on any atom is 0.287 e. The van der Waals surface area contributed by atoms with Gasteiger partial charge >= 0.3 is 0 Å². The van der Waals surface area contributed by atoms with E-state index in [9.17, 15) is 23.9 Å². The van der Waals surface area contributed by atoms with E-state index in [1.165, 1.54) is 42.5 Å². The van der Waals surface area contributed by atoms with Crippen molar-refractivity contribution in [2.24, 2.45) is 0 Å². The highest BCUT2D eigenvalue weighted by molar-refractivity contribution is 9.10. The van der Waals surface area contributed by atoms with Crippen molar-refractivity contribution in [3.8, 4) is 17.1 Å². The molecule has 1 atom stereocenters. The number of carbonyl (C=O) groups excluding carboxylic acids is 3. The van der Waals surface area contributed by atoms with E-state index in [0.717, 1.165) is 4.47 Å². The lowest BCUT2D eigenvalue weighted by atomic mass is 10.0. The number of rotatable bonds is 7. The summed E-state index contributed by atoms with van der Waals surface area (Å²) in [6.45, 7) is 0. The van der Waals surface area contributed by atoms with E-state index in [2.05, 4.69) is 32.1 Å². The van der Waals surface area contributed by atoms with E-state index in [1.807, 2.05) is 0 Å². The van der Waals surface area contributed by atoms with Gasteiger partial charge in [0, 0.05) is 22.0 Å². The number of furan rings is 1. The first-order valence-electron chi connectivity index (χ1n) is 11.1. The molecule has 0 spiro atoms. The second-order valence-corrected chi connectivity index (χ2v) is 8.93. The number of carbonyl (C=O) groups is 3. The molecular weight excluding hydrogens is 545 g/mol. The normalized spacial score (nSPS) is 11.4. The van der Waals surface area contributed by atoms with Crippen LogP contribution in [0.25, 0.3) is 11.3 Å². The lowest BCUT2D eigenvalue weighted by Gasteiger charge is -2.18. The number of aromatic hydroxyl groups is 1. The fourth-order valence-electron chi connectivity index (χ4n) is 3.41. The molecule has 1 aromatic heterocycles. The Bertz CT molecular complexity index is 1400. The molecule has 1 heterocycles. The van der Waals surface area contributed by atoms with Crippen LogP contribution >= 0.6 is 15.9 Å². The summed E-state index contributed by atoms with van der Waals surface area (Å²) < 4.78 is 19.6. The summed E-state index contributed by atoms with van der Waals surface area (Å²) in [6, 6.07) is 20.2. The van der Waals surface area contributed by atoms with E-state index >= 15 is 0 Å². The van der Waals surface area contributed by atoms with Crippen molar-refractivity contribution in [3.05, 3.63) is 112 Å². The van der Waals surface area contributed by atoms with Gasteiger partial charge in [0.05, 0.1) is 0 Å². The average molecular weight is 566 g/mol. The number of benzene rings is 3. The average Bonchev–Trinajstić information content (AvgIpc) is 3.39. The van der Waals surface area contributed by atoms with Gasteiger partial charge < -0.3 is 14.8 Å². The maximum absolute atomic E-state index is 13.2. The molecule has 0 saturated heterocycles. The predicted molar refractivity (Wildman–Crippen MR) is 137 cm³/mol. The number of phenolic OH excluding ortho intramolecular Hbond substituents is 1. The zero-order valence-corrected chi connectivity index (χ0v) is 20.8. The van der Waals surface area contributed by atoms with Gasteiger partial charge in [0.25, 0.3) is 17.7 Å². The molecule has 0 unspecified atom stereocenters. The van der Waals surface area contributed by atoms with Crippen LogP contribution in [-0.4, -0.2) is 28.9 Å². The second kappa shape index (κ2) is 11.5. The van der Waals surface area contributed by atoms with Crippen molar-refractivity contribution < 1.29 is 28.3 Å². The minimum absolute atomic E-state index is 0.0540. The van der Waals surface area contributed by atoms with Crippen LogP contribution in [0.2, 0.25) is 0 Å². The summed E-state index contributed by atoms with van der Waals surface area (Å²) in [5.74, 6) is -1.91. The summed E-state index contributed by atoms with van der Waals surface area (Å²) in [7, 11) is 0. The second-order valence-electron chi connectivity index (χ2n) is 8.02. The van der Waals surface area contributed by atoms with Crippen LogP contribution in [0.3, 0.4) is 0 Å². The van der Waals surface area contributed by atoms with Crippen LogP contribution in [0.5, 0.6) is 5.75 Å². The van der Waals surface area contributed by atoms with Gasteiger partial charge in [-0.05, 0) is 78.4 Å². The number of nitrogens with one attached hydrogen (secondary N) is 3. The van der Waals surface area contributed by atoms with Crippen molar-refractivity contribution >= 4 is 33.7 Å². The summed E-state index contributed by atoms with van der Waals surface area (Å²) in [5.41, 5.74) is 6.24. The van der Waals surface area contributed by atoms with Gasteiger partial charge in [-0.3, -0.25) is 25.2 Å². The monoisotopic (exact) mass is 565 g/mol. The molecule has 0 radical (unpaired) electrons. The smallest absolute Gasteiger partial charge is 0.287 e. The van der Waals surface area contributed by atoms with Crippen LogP contribution in [0.15, 0.2) is 93.8 Å². The highest BCUT2D eigenvalue weighted by Crippen LogP contribution is 2.22. The quantitative estimate of drug-likeness (QED) is 0.248. The molecule has 0 aliphatic heterocycles. The Balaban J connectivity index is 1.47. The first-order chi connectivity index (χ1) is 17.8. The third-order valence-corrected chi connectivity index (χ3v) is 5.89. The lowest BCUT2D eigenvalue weighted by Crippen LogP contribution is -2.53. The molecule has 4 rings (SSSR count). The highest BCUT2D eigenvalue weighted by atomic mass is 79.9. The van der Waals surface area contributed by atoms with Gasteiger partial charge in [0.2, 0.25) is 0 Å². The zero-order chi connectivity index (χ0) is 26.4. The molecule has 0 saturated carbocycles. The van der Waals surface area contributed by atoms with Gasteiger partial charge in [-0.25, -0.2) is 4.39 Å². The van der Waals surface area contributed by atoms with Crippen LogP contribution in [0.4, 0.5) is 4.39 Å². The first kappa shape index (κ1) is 25.6. The number of hydrazine groups is 1. The number of hydrogen-bond donors (Lipinski definition) is 4. The van der Waals surface area contributed by atoms with E-state index in [-0.39, 0.29) is 17.9 Å². The number of amides is 3. The Morgan fingerprint density at radius 2 is 1.51 bits per heavy atom. The van der Waals surface area contributed by atoms with Gasteiger partial charge in [-0.2, -0.15) is 0 Å². The van der Waals surface area contributed by atoms with Crippen molar-refractivity contribution in [1.82, 2.24) is 16.2 Å². The Kier molecular flexibility index (Phi) is 7.99. The number of phenols is 1. The lowest BCUT2D eigenvalue weighted by molar-refractivity contribution is -0.123. The Hall–Kier alpha value is -4.44. The minimum atomic E-state index is -1.10. The standard InChI is InChI=1S/C27H21BrFN3O5/c28-19-7-3-18(4-8-19)25(34)31-32-26(35)22(15-16-1-11-21(33)12-2-16)30-27(36)24-14-13-23(37-24)17-5-9-20(29)10-6-17/h1-14,22,33H,15H2,(H,30,36)(H,31,34)(H,32,35)/t22-/m0/s1. The largest absolute Gasteiger partial charge is 0.508 e.